The van der Waals surface area contributed by atoms with Gasteiger partial charge in [-0.2, -0.15) is 26.3 Å². The summed E-state index contributed by atoms with van der Waals surface area (Å²) in [5, 5.41) is 0. The van der Waals surface area contributed by atoms with Crippen LogP contribution in [-0.2, 0) is 12.4 Å². The van der Waals surface area contributed by atoms with Gasteiger partial charge in [0.2, 0.25) is 5.82 Å². The standard InChI is InChI=1S/C11H6F6N4/c1-5-7(10(12,13)14)4-18-8(21-5)6-2-19-9(20-3-6)11(15,16)17/h2-4H,1H3. The Morgan fingerprint density at radius 1 is 0.810 bits per heavy atom. The van der Waals surface area contributed by atoms with Gasteiger partial charge in [-0.05, 0) is 6.92 Å². The summed E-state index contributed by atoms with van der Waals surface area (Å²) in [5.74, 6) is -1.54. The average molecular weight is 308 g/mol. The van der Waals surface area contributed by atoms with Gasteiger partial charge < -0.3 is 0 Å². The zero-order valence-electron chi connectivity index (χ0n) is 10.3. The molecule has 0 atom stereocenters. The number of rotatable bonds is 1. The fraction of sp³-hybridized carbons (Fsp3) is 0.273. The van der Waals surface area contributed by atoms with E-state index in [0.717, 1.165) is 19.3 Å². The first kappa shape index (κ1) is 15.1. The molecular formula is C11H6F6N4. The van der Waals surface area contributed by atoms with E-state index in [0.29, 0.717) is 6.20 Å². The van der Waals surface area contributed by atoms with E-state index >= 15 is 0 Å². The Morgan fingerprint density at radius 3 is 1.81 bits per heavy atom. The van der Waals surface area contributed by atoms with Gasteiger partial charge in [0.25, 0.3) is 0 Å². The first-order valence-corrected chi connectivity index (χ1v) is 5.39. The Bertz CT molecular complexity index is 647. The highest BCUT2D eigenvalue weighted by Gasteiger charge is 2.35. The molecule has 0 aliphatic carbocycles. The third-order valence-corrected chi connectivity index (χ3v) is 2.45. The van der Waals surface area contributed by atoms with E-state index in [9.17, 15) is 26.3 Å². The van der Waals surface area contributed by atoms with Crippen LogP contribution in [0.3, 0.4) is 0 Å². The third-order valence-electron chi connectivity index (χ3n) is 2.45. The first-order valence-electron chi connectivity index (χ1n) is 5.39. The van der Waals surface area contributed by atoms with Gasteiger partial charge in [0.1, 0.15) is 0 Å². The van der Waals surface area contributed by atoms with Gasteiger partial charge in [0, 0.05) is 18.6 Å². The molecule has 0 saturated carbocycles. The number of hydrogen-bond donors (Lipinski definition) is 0. The monoisotopic (exact) mass is 308 g/mol. The molecule has 0 spiro atoms. The van der Waals surface area contributed by atoms with Crippen molar-refractivity contribution in [3.8, 4) is 11.4 Å². The topological polar surface area (TPSA) is 51.6 Å². The normalized spacial score (nSPS) is 12.5. The molecule has 2 aromatic heterocycles. The van der Waals surface area contributed by atoms with Crippen LogP contribution in [0.2, 0.25) is 0 Å². The summed E-state index contributed by atoms with van der Waals surface area (Å²) < 4.78 is 74.5. The summed E-state index contributed by atoms with van der Waals surface area (Å²) in [5.41, 5.74) is -1.37. The van der Waals surface area contributed by atoms with Gasteiger partial charge in [-0.15, -0.1) is 0 Å². The smallest absolute Gasteiger partial charge is 0.236 e. The number of halogens is 6. The summed E-state index contributed by atoms with van der Waals surface area (Å²) >= 11 is 0. The predicted molar refractivity (Wildman–Crippen MR) is 57.8 cm³/mol. The van der Waals surface area contributed by atoms with Crippen molar-refractivity contribution in [2.24, 2.45) is 0 Å². The van der Waals surface area contributed by atoms with Crippen molar-refractivity contribution in [1.29, 1.82) is 0 Å². The lowest BCUT2D eigenvalue weighted by Crippen LogP contribution is -2.12. The molecule has 4 nitrogen and oxygen atoms in total. The van der Waals surface area contributed by atoms with E-state index in [1.807, 2.05) is 0 Å². The van der Waals surface area contributed by atoms with Crippen molar-refractivity contribution >= 4 is 0 Å². The van der Waals surface area contributed by atoms with Crippen LogP contribution in [0, 0.1) is 6.92 Å². The van der Waals surface area contributed by atoms with E-state index in [4.69, 9.17) is 0 Å². The van der Waals surface area contributed by atoms with Crippen LogP contribution in [0.25, 0.3) is 11.4 Å². The lowest BCUT2D eigenvalue weighted by atomic mass is 10.2. The van der Waals surface area contributed by atoms with Crippen LogP contribution in [0.1, 0.15) is 17.1 Å². The van der Waals surface area contributed by atoms with Crippen molar-refractivity contribution in [2.75, 3.05) is 0 Å². The zero-order chi connectivity index (χ0) is 15.8. The van der Waals surface area contributed by atoms with Crippen molar-refractivity contribution in [3.05, 3.63) is 35.7 Å². The highest BCUT2D eigenvalue weighted by molar-refractivity contribution is 5.52. The van der Waals surface area contributed by atoms with Gasteiger partial charge in [-0.3, -0.25) is 0 Å². The maximum Gasteiger partial charge on any atom is 0.451 e. The molecule has 21 heavy (non-hydrogen) atoms. The van der Waals surface area contributed by atoms with Crippen molar-refractivity contribution in [2.45, 2.75) is 19.3 Å². The van der Waals surface area contributed by atoms with Crippen LogP contribution >= 0.6 is 0 Å². The number of hydrogen-bond acceptors (Lipinski definition) is 4. The molecule has 0 aromatic carbocycles. The molecule has 0 unspecified atom stereocenters. The van der Waals surface area contributed by atoms with Crippen LogP contribution in [-0.4, -0.2) is 19.9 Å². The molecule has 0 N–H and O–H groups in total. The van der Waals surface area contributed by atoms with Crippen LogP contribution < -0.4 is 0 Å². The van der Waals surface area contributed by atoms with E-state index in [-0.39, 0.29) is 17.1 Å². The minimum atomic E-state index is -4.70. The van der Waals surface area contributed by atoms with Crippen LogP contribution in [0.4, 0.5) is 26.3 Å². The Labute approximate surface area is 113 Å². The molecule has 0 amide bonds. The number of aromatic nitrogens is 4. The molecule has 0 saturated heterocycles. The molecule has 0 bridgehead atoms. The average Bonchev–Trinajstić information content (AvgIpc) is 2.36. The lowest BCUT2D eigenvalue weighted by molar-refractivity contribution is -0.145. The summed E-state index contributed by atoms with van der Waals surface area (Å²) in [6, 6.07) is 0. The minimum Gasteiger partial charge on any atom is -0.236 e. The molecule has 0 aliphatic rings. The second-order valence-corrected chi connectivity index (χ2v) is 3.98. The zero-order valence-corrected chi connectivity index (χ0v) is 10.3. The molecule has 0 radical (unpaired) electrons. The number of nitrogens with zero attached hydrogens (tertiary/aromatic N) is 4. The first-order chi connectivity index (χ1) is 9.59. The second kappa shape index (κ2) is 4.93. The Kier molecular flexibility index (Phi) is 3.56. The van der Waals surface area contributed by atoms with Gasteiger partial charge in [-0.1, -0.05) is 0 Å². The fourth-order valence-electron chi connectivity index (χ4n) is 1.47. The van der Waals surface area contributed by atoms with Crippen molar-refractivity contribution < 1.29 is 26.3 Å². The van der Waals surface area contributed by atoms with Gasteiger partial charge in [0.15, 0.2) is 5.82 Å². The molecule has 0 aliphatic heterocycles. The molecule has 2 rings (SSSR count). The molecular weight excluding hydrogens is 302 g/mol. The molecule has 10 heteroatoms. The minimum absolute atomic E-state index is 0.0141. The predicted octanol–water partition coefficient (Wildman–Crippen LogP) is 3.28. The third kappa shape index (κ3) is 3.26. The SMILES string of the molecule is Cc1nc(-c2cnc(C(F)(F)F)nc2)ncc1C(F)(F)F. The highest BCUT2D eigenvalue weighted by atomic mass is 19.4. The second-order valence-electron chi connectivity index (χ2n) is 3.98. The summed E-state index contributed by atoms with van der Waals surface area (Å²) in [6.45, 7) is 1.12. The molecule has 2 aromatic rings. The summed E-state index contributed by atoms with van der Waals surface area (Å²) in [6.07, 6.45) is -7.13. The molecule has 112 valence electrons. The Hall–Kier alpha value is -2.26. The van der Waals surface area contributed by atoms with Crippen molar-refractivity contribution in [3.63, 3.8) is 0 Å². The van der Waals surface area contributed by atoms with Crippen LogP contribution in [0.5, 0.6) is 0 Å². The molecule has 2 heterocycles. The summed E-state index contributed by atoms with van der Waals surface area (Å²) in [7, 11) is 0. The highest BCUT2D eigenvalue weighted by Crippen LogP contribution is 2.31. The van der Waals surface area contributed by atoms with Gasteiger partial charge in [-0.25, -0.2) is 19.9 Å². The Balaban J connectivity index is 2.37. The van der Waals surface area contributed by atoms with E-state index < -0.39 is 23.7 Å². The lowest BCUT2D eigenvalue weighted by Gasteiger charge is -2.10. The number of alkyl halides is 6. The van der Waals surface area contributed by atoms with Crippen LogP contribution in [0.15, 0.2) is 18.6 Å². The van der Waals surface area contributed by atoms with Gasteiger partial charge >= 0.3 is 12.4 Å². The fourth-order valence-corrected chi connectivity index (χ4v) is 1.47. The van der Waals surface area contributed by atoms with E-state index in [1.54, 1.807) is 0 Å². The maximum absolute atomic E-state index is 12.5. The molecule has 0 fully saturated rings. The quantitative estimate of drug-likeness (QED) is 0.759. The summed E-state index contributed by atoms with van der Waals surface area (Å²) in [4.78, 5) is 13.3. The van der Waals surface area contributed by atoms with Gasteiger partial charge in [0.05, 0.1) is 16.8 Å². The Morgan fingerprint density at radius 2 is 1.38 bits per heavy atom. The van der Waals surface area contributed by atoms with E-state index in [1.165, 1.54) is 0 Å². The van der Waals surface area contributed by atoms with E-state index in [2.05, 4.69) is 19.9 Å². The largest absolute Gasteiger partial charge is 0.451 e. The number of aryl methyl sites for hydroxylation is 1. The maximum atomic E-state index is 12.5. The van der Waals surface area contributed by atoms with Crippen molar-refractivity contribution in [1.82, 2.24) is 19.9 Å².